The van der Waals surface area contributed by atoms with Crippen molar-refractivity contribution in [2.75, 3.05) is 6.54 Å². The number of carbonyl (C=O) groups excluding carboxylic acids is 5. The summed E-state index contributed by atoms with van der Waals surface area (Å²) in [5, 5.41) is 19.4. The Morgan fingerprint density at radius 2 is 1.53 bits per heavy atom. The molecule has 5 amide bonds. The third-order valence-electron chi connectivity index (χ3n) is 7.64. The fourth-order valence-electron chi connectivity index (χ4n) is 4.63. The van der Waals surface area contributed by atoms with Gasteiger partial charge in [-0.25, -0.2) is 4.79 Å². The van der Waals surface area contributed by atoms with Crippen LogP contribution >= 0.6 is 0 Å². The predicted molar refractivity (Wildman–Crippen MR) is 172 cm³/mol. The number of imide groups is 1. The normalized spacial score (nSPS) is 15.5. The highest BCUT2D eigenvalue weighted by atomic mass is 16.6. The van der Waals surface area contributed by atoms with Crippen LogP contribution in [0.2, 0.25) is 0 Å². The molecule has 0 radical (unpaired) electrons. The quantitative estimate of drug-likeness (QED) is 0.179. The lowest BCUT2D eigenvalue weighted by atomic mass is 9.93. The minimum atomic E-state index is -1.28. The SMILES string of the molecule is CC[C@H](C)[C@H](NC(=O)OC(C)(C)C)C(=O)N[C@H](C(=O)N[C@@H](CC(C)C)[C@@H](O)CC(=O)N(C=O)CCc1ccccn1)[C@@H](C)CC. The van der Waals surface area contributed by atoms with Gasteiger partial charge >= 0.3 is 6.09 Å². The Morgan fingerprint density at radius 3 is 2.02 bits per heavy atom. The van der Waals surface area contributed by atoms with Gasteiger partial charge in [-0.05, 0) is 57.1 Å². The van der Waals surface area contributed by atoms with Crippen LogP contribution < -0.4 is 16.0 Å². The summed E-state index contributed by atoms with van der Waals surface area (Å²) in [5.74, 6) is -2.11. The predicted octanol–water partition coefficient (Wildman–Crippen LogP) is 3.36. The van der Waals surface area contributed by atoms with Gasteiger partial charge in [0, 0.05) is 24.9 Å². The highest BCUT2D eigenvalue weighted by Crippen LogP contribution is 2.17. The van der Waals surface area contributed by atoms with Crippen LogP contribution in [0.3, 0.4) is 0 Å². The van der Waals surface area contributed by atoms with Crippen LogP contribution in [0.1, 0.15) is 93.7 Å². The number of carbonyl (C=O) groups is 5. The molecule has 0 aliphatic rings. The Hall–Kier alpha value is -3.54. The molecule has 1 aromatic rings. The second-order valence-electron chi connectivity index (χ2n) is 13.2. The number of ether oxygens (including phenoxy) is 1. The monoisotopic (exact) mass is 633 g/mol. The first kappa shape index (κ1) is 39.5. The summed E-state index contributed by atoms with van der Waals surface area (Å²) >= 11 is 0. The second kappa shape index (κ2) is 19.1. The van der Waals surface area contributed by atoms with Crippen LogP contribution in [0.4, 0.5) is 4.79 Å². The summed E-state index contributed by atoms with van der Waals surface area (Å²) in [7, 11) is 0. The molecule has 1 heterocycles. The van der Waals surface area contributed by atoms with Crippen molar-refractivity contribution >= 4 is 30.2 Å². The van der Waals surface area contributed by atoms with E-state index in [0.29, 0.717) is 32.1 Å². The Bertz CT molecular complexity index is 1090. The summed E-state index contributed by atoms with van der Waals surface area (Å²) < 4.78 is 5.35. The number of amides is 5. The minimum absolute atomic E-state index is 0.0517. The molecule has 45 heavy (non-hydrogen) atoms. The minimum Gasteiger partial charge on any atom is -0.444 e. The molecule has 12 nitrogen and oxygen atoms in total. The number of rotatable bonds is 18. The van der Waals surface area contributed by atoms with Crippen LogP contribution in [0.5, 0.6) is 0 Å². The highest BCUT2D eigenvalue weighted by Gasteiger charge is 2.35. The van der Waals surface area contributed by atoms with E-state index in [2.05, 4.69) is 20.9 Å². The first-order chi connectivity index (χ1) is 21.0. The Labute approximate surface area is 268 Å². The average molecular weight is 634 g/mol. The van der Waals surface area contributed by atoms with E-state index in [0.717, 1.165) is 10.6 Å². The fraction of sp³-hybridized carbons (Fsp3) is 0.697. The van der Waals surface area contributed by atoms with E-state index >= 15 is 0 Å². The maximum absolute atomic E-state index is 13.7. The summed E-state index contributed by atoms with van der Waals surface area (Å²) in [4.78, 5) is 69.5. The third-order valence-corrected chi connectivity index (χ3v) is 7.64. The molecule has 0 spiro atoms. The zero-order valence-corrected chi connectivity index (χ0v) is 28.5. The lowest BCUT2D eigenvalue weighted by Gasteiger charge is -2.32. The van der Waals surface area contributed by atoms with E-state index in [1.165, 1.54) is 0 Å². The smallest absolute Gasteiger partial charge is 0.408 e. The molecule has 1 aromatic heterocycles. The topological polar surface area (TPSA) is 167 Å². The van der Waals surface area contributed by atoms with E-state index in [-0.39, 0.29) is 30.7 Å². The number of alkyl carbamates (subject to hydrolysis) is 1. The third kappa shape index (κ3) is 14.4. The largest absolute Gasteiger partial charge is 0.444 e. The van der Waals surface area contributed by atoms with Crippen LogP contribution in [0, 0.1) is 17.8 Å². The lowest BCUT2D eigenvalue weighted by Crippen LogP contribution is -2.59. The first-order valence-electron chi connectivity index (χ1n) is 16.0. The molecule has 6 atom stereocenters. The number of hydrogen-bond acceptors (Lipinski definition) is 8. The van der Waals surface area contributed by atoms with Crippen LogP contribution in [-0.4, -0.2) is 81.6 Å². The van der Waals surface area contributed by atoms with Crippen molar-refractivity contribution in [1.29, 1.82) is 0 Å². The summed E-state index contributed by atoms with van der Waals surface area (Å²) in [5.41, 5.74) is -0.0347. The van der Waals surface area contributed by atoms with Gasteiger partial charge in [0.05, 0.1) is 18.6 Å². The van der Waals surface area contributed by atoms with E-state index in [4.69, 9.17) is 4.74 Å². The second-order valence-corrected chi connectivity index (χ2v) is 13.2. The van der Waals surface area contributed by atoms with Crippen LogP contribution in [-0.2, 0) is 30.3 Å². The number of nitrogens with one attached hydrogen (secondary N) is 3. The number of hydrogen-bond donors (Lipinski definition) is 4. The standard InChI is InChI=1S/C33H55N5O7/c1-10-22(5)28(36-31(43)29(23(6)11-2)37-32(44)45-33(7,8)9)30(42)35-25(18-21(3)4)26(40)19-27(41)38(20-39)17-15-24-14-12-13-16-34-24/h12-14,16,20-23,25-26,28-29,40H,10-11,15,17-19H2,1-9H3,(H,35,42)(H,36,43)(H,37,44)/t22-,23-,25-,26-,28-,29-/m0/s1. The number of aliphatic hydroxyl groups is 1. The zero-order chi connectivity index (χ0) is 34.3. The van der Waals surface area contributed by atoms with Gasteiger partial charge in [0.2, 0.25) is 24.1 Å². The molecule has 0 aliphatic carbocycles. The molecule has 0 fully saturated rings. The molecular weight excluding hydrogens is 578 g/mol. The summed E-state index contributed by atoms with van der Waals surface area (Å²) in [6.45, 7) is 16.6. The van der Waals surface area contributed by atoms with Crippen molar-refractivity contribution < 1.29 is 33.8 Å². The molecular formula is C33H55N5O7. The van der Waals surface area contributed by atoms with Crippen molar-refractivity contribution in [3.63, 3.8) is 0 Å². The van der Waals surface area contributed by atoms with E-state index < -0.39 is 53.6 Å². The zero-order valence-electron chi connectivity index (χ0n) is 28.5. The van der Waals surface area contributed by atoms with Gasteiger partial charge in [0.15, 0.2) is 0 Å². The van der Waals surface area contributed by atoms with Crippen molar-refractivity contribution in [3.05, 3.63) is 30.1 Å². The number of pyridine rings is 1. The molecule has 0 aromatic carbocycles. The summed E-state index contributed by atoms with van der Waals surface area (Å²) in [6.07, 6.45) is 1.53. The van der Waals surface area contributed by atoms with Crippen molar-refractivity contribution in [2.24, 2.45) is 17.8 Å². The number of aliphatic hydroxyl groups excluding tert-OH is 1. The molecule has 0 bridgehead atoms. The number of aromatic nitrogens is 1. The maximum Gasteiger partial charge on any atom is 0.408 e. The molecule has 0 unspecified atom stereocenters. The number of nitrogens with zero attached hydrogens (tertiary/aromatic N) is 2. The van der Waals surface area contributed by atoms with Crippen molar-refractivity contribution in [2.45, 2.75) is 124 Å². The molecule has 0 aliphatic heterocycles. The van der Waals surface area contributed by atoms with Crippen molar-refractivity contribution in [3.8, 4) is 0 Å². The van der Waals surface area contributed by atoms with Gasteiger partial charge in [0.1, 0.15) is 17.7 Å². The van der Waals surface area contributed by atoms with Gasteiger partial charge in [-0.3, -0.25) is 29.1 Å². The maximum atomic E-state index is 13.7. The van der Waals surface area contributed by atoms with Crippen LogP contribution in [0.15, 0.2) is 24.4 Å². The average Bonchev–Trinajstić information content (AvgIpc) is 2.96. The highest BCUT2D eigenvalue weighted by molar-refractivity contribution is 5.92. The lowest BCUT2D eigenvalue weighted by molar-refractivity contribution is -0.140. The molecule has 0 saturated heterocycles. The van der Waals surface area contributed by atoms with E-state index in [9.17, 15) is 29.1 Å². The van der Waals surface area contributed by atoms with Crippen LogP contribution in [0.25, 0.3) is 0 Å². The Balaban J connectivity index is 3.07. The van der Waals surface area contributed by atoms with Gasteiger partial charge in [-0.15, -0.1) is 0 Å². The van der Waals surface area contributed by atoms with Gasteiger partial charge < -0.3 is 25.8 Å². The molecule has 0 saturated carbocycles. The molecule has 1 rings (SSSR count). The van der Waals surface area contributed by atoms with Gasteiger partial charge in [-0.2, -0.15) is 0 Å². The fourth-order valence-corrected chi connectivity index (χ4v) is 4.63. The van der Waals surface area contributed by atoms with E-state index in [1.54, 1.807) is 39.1 Å². The van der Waals surface area contributed by atoms with E-state index in [1.807, 2.05) is 47.6 Å². The molecule has 12 heteroatoms. The summed E-state index contributed by atoms with van der Waals surface area (Å²) in [6, 6.07) is 2.64. The van der Waals surface area contributed by atoms with Crippen molar-refractivity contribution in [1.82, 2.24) is 25.8 Å². The molecule has 254 valence electrons. The molecule has 4 N–H and O–H groups in total. The first-order valence-corrected chi connectivity index (χ1v) is 16.0. The Kier molecular flexibility index (Phi) is 16.7. The van der Waals surface area contributed by atoms with Gasteiger partial charge in [0.25, 0.3) is 0 Å². The Morgan fingerprint density at radius 1 is 0.956 bits per heavy atom. The van der Waals surface area contributed by atoms with Gasteiger partial charge in [-0.1, -0.05) is 60.5 Å².